The van der Waals surface area contributed by atoms with Crippen molar-refractivity contribution in [2.75, 3.05) is 5.32 Å². The summed E-state index contributed by atoms with van der Waals surface area (Å²) in [4.78, 5) is 26.3. The summed E-state index contributed by atoms with van der Waals surface area (Å²) in [6.07, 6.45) is 0. The molecule has 20 heavy (non-hydrogen) atoms. The number of nitrogens with one attached hydrogen (secondary N) is 1. The highest BCUT2D eigenvalue weighted by Crippen LogP contribution is 2.28. The summed E-state index contributed by atoms with van der Waals surface area (Å²) in [5.41, 5.74) is -0.0827. The monoisotopic (exact) mass is 355 g/mol. The summed E-state index contributed by atoms with van der Waals surface area (Å²) < 4.78 is 0.491. The first-order valence-electron chi connectivity index (χ1n) is 5.35. The number of amides is 1. The van der Waals surface area contributed by atoms with E-state index in [-0.39, 0.29) is 22.1 Å². The van der Waals surface area contributed by atoms with Crippen LogP contribution in [-0.2, 0) is 0 Å². The van der Waals surface area contributed by atoms with Gasteiger partial charge in [0.05, 0.1) is 4.92 Å². The quantitative estimate of drug-likeness (QED) is 0.516. The van der Waals surface area contributed by atoms with E-state index in [2.05, 4.69) is 26.2 Å². The van der Waals surface area contributed by atoms with Gasteiger partial charge in [-0.1, -0.05) is 17.7 Å². The SMILES string of the molecule is O=C(Nc1cc(Cl)ccc1[N+](=O)[O-])c1cccc(Br)n1. The molecule has 102 valence electrons. The summed E-state index contributed by atoms with van der Waals surface area (Å²) in [5.74, 6) is -0.559. The molecule has 1 amide bonds. The first-order valence-corrected chi connectivity index (χ1v) is 6.52. The zero-order valence-corrected chi connectivity index (χ0v) is 12.2. The van der Waals surface area contributed by atoms with Gasteiger partial charge < -0.3 is 5.32 Å². The van der Waals surface area contributed by atoms with E-state index in [0.29, 0.717) is 4.60 Å². The van der Waals surface area contributed by atoms with Crippen molar-refractivity contribution >= 4 is 44.8 Å². The number of hydrogen-bond acceptors (Lipinski definition) is 4. The van der Waals surface area contributed by atoms with E-state index in [1.54, 1.807) is 12.1 Å². The van der Waals surface area contributed by atoms with E-state index in [0.717, 1.165) is 0 Å². The zero-order valence-electron chi connectivity index (χ0n) is 9.84. The maximum absolute atomic E-state index is 12.0. The molecular formula is C12H7BrClN3O3. The van der Waals surface area contributed by atoms with Crippen molar-refractivity contribution in [3.8, 4) is 0 Å². The first kappa shape index (κ1) is 14.4. The van der Waals surface area contributed by atoms with Gasteiger partial charge in [0.15, 0.2) is 0 Å². The van der Waals surface area contributed by atoms with E-state index in [9.17, 15) is 14.9 Å². The van der Waals surface area contributed by atoms with Crippen molar-refractivity contribution in [1.82, 2.24) is 4.98 Å². The Morgan fingerprint density at radius 1 is 1.35 bits per heavy atom. The molecule has 2 rings (SSSR count). The molecule has 1 aromatic carbocycles. The second-order valence-electron chi connectivity index (χ2n) is 3.72. The Kier molecular flexibility index (Phi) is 4.31. The second-order valence-corrected chi connectivity index (χ2v) is 4.97. The average molecular weight is 357 g/mol. The molecule has 0 aliphatic rings. The number of anilines is 1. The first-order chi connectivity index (χ1) is 9.47. The van der Waals surface area contributed by atoms with Crippen molar-refractivity contribution in [2.24, 2.45) is 0 Å². The van der Waals surface area contributed by atoms with Crippen LogP contribution in [-0.4, -0.2) is 15.8 Å². The maximum atomic E-state index is 12.0. The largest absolute Gasteiger partial charge is 0.315 e. The van der Waals surface area contributed by atoms with Gasteiger partial charge in [0.25, 0.3) is 11.6 Å². The smallest absolute Gasteiger partial charge is 0.292 e. The van der Waals surface area contributed by atoms with Gasteiger partial charge in [0, 0.05) is 11.1 Å². The molecule has 0 aliphatic carbocycles. The fourth-order valence-corrected chi connectivity index (χ4v) is 2.00. The molecule has 0 unspecified atom stereocenters. The van der Waals surface area contributed by atoms with E-state index < -0.39 is 10.8 Å². The highest BCUT2D eigenvalue weighted by Gasteiger charge is 2.17. The molecule has 1 heterocycles. The van der Waals surface area contributed by atoms with Crippen LogP contribution in [0.15, 0.2) is 41.0 Å². The Balaban J connectivity index is 2.32. The van der Waals surface area contributed by atoms with Crippen LogP contribution < -0.4 is 5.32 Å². The van der Waals surface area contributed by atoms with Crippen molar-refractivity contribution in [3.63, 3.8) is 0 Å². The number of halogens is 2. The number of rotatable bonds is 3. The lowest BCUT2D eigenvalue weighted by Crippen LogP contribution is -2.14. The molecule has 1 aromatic heterocycles. The Hall–Kier alpha value is -1.99. The van der Waals surface area contributed by atoms with E-state index in [4.69, 9.17) is 11.6 Å². The number of benzene rings is 1. The summed E-state index contributed by atoms with van der Waals surface area (Å²) in [6, 6.07) is 8.72. The number of hydrogen-bond donors (Lipinski definition) is 1. The van der Waals surface area contributed by atoms with Gasteiger partial charge in [-0.05, 0) is 40.2 Å². The molecule has 0 radical (unpaired) electrons. The zero-order chi connectivity index (χ0) is 14.7. The Labute approximate surface area is 127 Å². The molecule has 1 N–H and O–H groups in total. The second kappa shape index (κ2) is 5.98. The molecule has 0 atom stereocenters. The molecule has 0 aliphatic heterocycles. The standard InChI is InChI=1S/C12H7BrClN3O3/c13-11-3-1-2-8(15-11)12(18)16-9-6-7(14)4-5-10(9)17(19)20/h1-6H,(H,16,18). The topological polar surface area (TPSA) is 85.1 Å². The lowest BCUT2D eigenvalue weighted by molar-refractivity contribution is -0.383. The fourth-order valence-electron chi connectivity index (χ4n) is 1.49. The van der Waals surface area contributed by atoms with Crippen LogP contribution in [0, 0.1) is 10.1 Å². The van der Waals surface area contributed by atoms with Gasteiger partial charge in [-0.2, -0.15) is 0 Å². The van der Waals surface area contributed by atoms with Crippen LogP contribution in [0.4, 0.5) is 11.4 Å². The number of nitrogens with zero attached hydrogens (tertiary/aromatic N) is 2. The third kappa shape index (κ3) is 3.31. The maximum Gasteiger partial charge on any atom is 0.292 e. The molecule has 6 nitrogen and oxygen atoms in total. The van der Waals surface area contributed by atoms with Crippen LogP contribution in [0.5, 0.6) is 0 Å². The summed E-state index contributed by atoms with van der Waals surface area (Å²) in [7, 11) is 0. The van der Waals surface area contributed by atoms with Gasteiger partial charge in [-0.3, -0.25) is 14.9 Å². The summed E-state index contributed by atoms with van der Waals surface area (Å²) >= 11 is 8.92. The summed E-state index contributed by atoms with van der Waals surface area (Å²) in [5, 5.41) is 13.6. The third-order valence-electron chi connectivity index (χ3n) is 2.35. The number of carbonyl (C=O) groups excluding carboxylic acids is 1. The molecule has 0 fully saturated rings. The van der Waals surface area contributed by atoms with Crippen molar-refractivity contribution in [3.05, 3.63) is 61.8 Å². The minimum absolute atomic E-state index is 0.0225. The van der Waals surface area contributed by atoms with E-state index in [1.165, 1.54) is 24.3 Å². The summed E-state index contributed by atoms with van der Waals surface area (Å²) in [6.45, 7) is 0. The predicted octanol–water partition coefficient (Wildman–Crippen LogP) is 3.66. The number of carbonyl (C=O) groups is 1. The average Bonchev–Trinajstić information content (AvgIpc) is 2.38. The fraction of sp³-hybridized carbons (Fsp3) is 0. The van der Waals surface area contributed by atoms with Gasteiger partial charge in [0.1, 0.15) is 16.0 Å². The number of nitro groups is 1. The lowest BCUT2D eigenvalue weighted by Gasteiger charge is -2.06. The lowest BCUT2D eigenvalue weighted by atomic mass is 10.2. The highest BCUT2D eigenvalue weighted by molar-refractivity contribution is 9.10. The predicted molar refractivity (Wildman–Crippen MR) is 78.0 cm³/mol. The van der Waals surface area contributed by atoms with E-state index in [1.807, 2.05) is 0 Å². The Morgan fingerprint density at radius 3 is 2.75 bits per heavy atom. The minimum atomic E-state index is -0.597. The van der Waals surface area contributed by atoms with Crippen LogP contribution in [0.25, 0.3) is 0 Å². The molecule has 0 saturated heterocycles. The van der Waals surface area contributed by atoms with Crippen LogP contribution in [0.1, 0.15) is 10.5 Å². The normalized spacial score (nSPS) is 10.1. The number of nitro benzene ring substituents is 1. The van der Waals surface area contributed by atoms with E-state index >= 15 is 0 Å². The Bertz CT molecular complexity index is 693. The van der Waals surface area contributed by atoms with Crippen LogP contribution in [0.2, 0.25) is 5.02 Å². The van der Waals surface area contributed by atoms with Gasteiger partial charge >= 0.3 is 0 Å². The van der Waals surface area contributed by atoms with Crippen molar-refractivity contribution < 1.29 is 9.72 Å². The Morgan fingerprint density at radius 2 is 2.10 bits per heavy atom. The van der Waals surface area contributed by atoms with Gasteiger partial charge in [-0.15, -0.1) is 0 Å². The van der Waals surface area contributed by atoms with Crippen molar-refractivity contribution in [1.29, 1.82) is 0 Å². The molecule has 0 bridgehead atoms. The number of pyridine rings is 1. The molecule has 0 saturated carbocycles. The molecule has 2 aromatic rings. The molecule has 0 spiro atoms. The third-order valence-corrected chi connectivity index (χ3v) is 3.03. The van der Waals surface area contributed by atoms with Crippen LogP contribution in [0.3, 0.4) is 0 Å². The number of aromatic nitrogens is 1. The molecule has 8 heteroatoms. The van der Waals surface area contributed by atoms with Crippen LogP contribution >= 0.6 is 27.5 Å². The molecular weight excluding hydrogens is 350 g/mol. The van der Waals surface area contributed by atoms with Gasteiger partial charge in [0.2, 0.25) is 0 Å². The van der Waals surface area contributed by atoms with Crippen molar-refractivity contribution in [2.45, 2.75) is 0 Å². The van der Waals surface area contributed by atoms with Gasteiger partial charge in [-0.25, -0.2) is 4.98 Å². The minimum Gasteiger partial charge on any atom is -0.315 e. The highest BCUT2D eigenvalue weighted by atomic mass is 79.9.